The number of ether oxygens (including phenoxy) is 2. The lowest BCUT2D eigenvalue weighted by atomic mass is 9.80. The molecule has 0 aliphatic carbocycles. The fourth-order valence-electron chi connectivity index (χ4n) is 9.50. The zero-order valence-corrected chi connectivity index (χ0v) is 40.2. The summed E-state index contributed by atoms with van der Waals surface area (Å²) in [6.45, 7) is 11.0. The van der Waals surface area contributed by atoms with Crippen LogP contribution in [0.3, 0.4) is 0 Å². The van der Waals surface area contributed by atoms with Gasteiger partial charge in [-0.15, -0.1) is 0 Å². The maximum absolute atomic E-state index is 12.6. The molecule has 0 aromatic carbocycles. The second kappa shape index (κ2) is 20.2. The van der Waals surface area contributed by atoms with Gasteiger partial charge in [-0.1, -0.05) is 35.4 Å². The maximum atomic E-state index is 12.6. The highest BCUT2D eigenvalue weighted by Crippen LogP contribution is 2.38. The number of pyridine rings is 2. The molecule has 20 nitrogen and oxygen atoms in total. The van der Waals surface area contributed by atoms with Crippen molar-refractivity contribution in [1.29, 1.82) is 0 Å². The Kier molecular flexibility index (Phi) is 13.6. The van der Waals surface area contributed by atoms with Crippen molar-refractivity contribution < 1.29 is 19.1 Å². The molecule has 2 amide bonds. The Morgan fingerprint density at radius 1 is 0.647 bits per heavy atom. The van der Waals surface area contributed by atoms with E-state index in [4.69, 9.17) is 29.4 Å². The fraction of sp³-hybridized carbons (Fsp3) is 0.522. The summed E-state index contributed by atoms with van der Waals surface area (Å²) < 4.78 is 10.9. The summed E-state index contributed by atoms with van der Waals surface area (Å²) in [6, 6.07) is 8.09. The molecule has 4 aliphatic heterocycles. The second-order valence-corrected chi connectivity index (χ2v) is 21.3. The number of alkyl carbamates (subject to hydrolysis) is 2. The average molecular weight is 963 g/mol. The monoisotopic (exact) mass is 962 g/mol. The lowest BCUT2D eigenvalue weighted by Crippen LogP contribution is -2.45. The smallest absolute Gasteiger partial charge is 0.407 e. The predicted molar refractivity (Wildman–Crippen MR) is 265 cm³/mol. The van der Waals surface area contributed by atoms with Crippen LogP contribution in [-0.4, -0.2) is 140 Å². The van der Waals surface area contributed by atoms with E-state index in [1.165, 1.54) is 0 Å². The highest BCUT2D eigenvalue weighted by Gasteiger charge is 2.34. The van der Waals surface area contributed by atoms with Crippen LogP contribution in [0.15, 0.2) is 49.1 Å². The van der Waals surface area contributed by atoms with Gasteiger partial charge in [-0.3, -0.25) is 20.2 Å². The number of carbonyl (C=O) groups excluding carboxylic acids is 2. The number of rotatable bonds is 15. The Morgan fingerprint density at radius 2 is 1.09 bits per heavy atom. The fourth-order valence-corrected chi connectivity index (χ4v) is 11.2. The number of nitrogens with zero attached hydrogens (tertiary/aromatic N) is 12. The van der Waals surface area contributed by atoms with Crippen molar-refractivity contribution in [3.05, 3.63) is 60.4 Å². The number of carbonyl (C=O) groups is 2. The quantitative estimate of drug-likeness (QED) is 0.0619. The highest BCUT2D eigenvalue weighted by molar-refractivity contribution is 8.76. The van der Waals surface area contributed by atoms with Crippen molar-refractivity contribution in [2.75, 3.05) is 96.7 Å². The molecule has 358 valence electrons. The third-order valence-corrected chi connectivity index (χ3v) is 16.0. The molecular weight excluding hydrogens is 905 g/mol. The van der Waals surface area contributed by atoms with Gasteiger partial charge in [0.25, 0.3) is 0 Å². The van der Waals surface area contributed by atoms with Gasteiger partial charge in [0.2, 0.25) is 0 Å². The van der Waals surface area contributed by atoms with Crippen LogP contribution in [-0.2, 0) is 22.3 Å². The van der Waals surface area contributed by atoms with Crippen molar-refractivity contribution in [2.24, 2.45) is 10.8 Å². The van der Waals surface area contributed by atoms with Crippen LogP contribution >= 0.6 is 21.6 Å². The van der Waals surface area contributed by atoms with Gasteiger partial charge in [-0.05, 0) is 86.5 Å². The molecule has 6 aromatic rings. The van der Waals surface area contributed by atoms with Gasteiger partial charge < -0.3 is 39.7 Å². The van der Waals surface area contributed by atoms with Crippen LogP contribution in [0.5, 0.6) is 0 Å². The van der Waals surface area contributed by atoms with E-state index >= 15 is 0 Å². The molecule has 10 heterocycles. The summed E-state index contributed by atoms with van der Waals surface area (Å²) in [4.78, 5) is 62.5. The number of nitrogens with one attached hydrogen (secondary N) is 4. The Morgan fingerprint density at radius 3 is 1.53 bits per heavy atom. The number of aryl methyl sites for hydroxylation is 2. The average Bonchev–Trinajstić information content (AvgIpc) is 4.00. The molecule has 2 saturated heterocycles. The standard InChI is InChI=1S/C46H58N16O4S2/c1-45(11-19-59(20-12-45)35-27-49-37-39(53-35)55-57-41(37)61-17-5-7-31-33(61)9-3-15-47-31)29-51-43(63)65-23-25-67-68-26-24-66-44(64)52-30-46(2)13-21-60(22-14-46)36-28-50-38-40(54-36)56-58-42(38)62-18-6-8-32-34(62)10-4-16-48-32/h3-4,9-10,15-16,27-28H,5-8,11-14,17-26,29-30H2,1-2H3,(H,51,63)(H,52,64)(H,53,55,57)(H,54,56,58). The number of piperidine rings is 2. The SMILES string of the molecule is CC1(CNC(=O)OCCSSCCOC(=O)NCC2(C)CCN(c3cnc4c(N5CCCc6ncccc65)n[nH]c4n3)CC2)CCN(c2cnc3c(N4CCCc5ncccc54)n[nH]c3n2)CC1. The van der Waals surface area contributed by atoms with Gasteiger partial charge in [0.15, 0.2) is 34.0 Å². The number of hydrogen-bond acceptors (Lipinski definition) is 18. The van der Waals surface area contributed by atoms with Gasteiger partial charge >= 0.3 is 12.2 Å². The summed E-state index contributed by atoms with van der Waals surface area (Å²) in [5.74, 6) is 4.45. The molecular formula is C46H58N16O4S2. The first-order valence-corrected chi connectivity index (χ1v) is 26.1. The summed E-state index contributed by atoms with van der Waals surface area (Å²) in [7, 11) is 3.17. The highest BCUT2D eigenvalue weighted by atomic mass is 33.1. The third kappa shape index (κ3) is 10.2. The lowest BCUT2D eigenvalue weighted by molar-refractivity contribution is 0.142. The summed E-state index contributed by atoms with van der Waals surface area (Å²) in [5, 5.41) is 21.4. The van der Waals surface area contributed by atoms with Crippen molar-refractivity contribution >= 4 is 90.7 Å². The van der Waals surface area contributed by atoms with Crippen molar-refractivity contribution in [2.45, 2.75) is 65.2 Å². The van der Waals surface area contributed by atoms with Gasteiger partial charge in [-0.25, -0.2) is 29.5 Å². The van der Waals surface area contributed by atoms with Crippen LogP contribution in [0.2, 0.25) is 0 Å². The van der Waals surface area contributed by atoms with Crippen LogP contribution in [0.1, 0.15) is 63.8 Å². The first-order chi connectivity index (χ1) is 33.2. The molecule has 22 heteroatoms. The predicted octanol–water partition coefficient (Wildman–Crippen LogP) is 6.72. The number of hydrogen-bond donors (Lipinski definition) is 4. The number of anilines is 6. The topological polar surface area (TPSA) is 224 Å². The molecule has 10 rings (SSSR count). The van der Waals surface area contributed by atoms with Crippen LogP contribution in [0.25, 0.3) is 22.3 Å². The first-order valence-electron chi connectivity index (χ1n) is 23.6. The normalized spacial score (nSPS) is 17.7. The van der Waals surface area contributed by atoms with E-state index in [1.54, 1.807) is 21.6 Å². The third-order valence-electron chi connectivity index (χ3n) is 13.7. The van der Waals surface area contributed by atoms with Gasteiger partial charge in [0, 0.05) is 76.3 Å². The molecule has 0 bridgehead atoms. The Hall–Kier alpha value is -6.16. The minimum Gasteiger partial charge on any atom is -0.449 e. The number of aromatic nitrogens is 10. The minimum atomic E-state index is -0.409. The zero-order valence-electron chi connectivity index (χ0n) is 38.6. The molecule has 6 aromatic heterocycles. The molecule has 0 radical (unpaired) electrons. The van der Waals surface area contributed by atoms with E-state index in [0.717, 1.165) is 148 Å². The minimum absolute atomic E-state index is 0.0608. The molecule has 0 saturated carbocycles. The van der Waals surface area contributed by atoms with E-state index in [9.17, 15) is 9.59 Å². The maximum Gasteiger partial charge on any atom is 0.407 e. The number of fused-ring (bicyclic) bond motifs is 4. The molecule has 68 heavy (non-hydrogen) atoms. The van der Waals surface area contributed by atoms with Crippen LogP contribution < -0.4 is 30.2 Å². The number of H-pyrrole nitrogens is 2. The summed E-state index contributed by atoms with van der Waals surface area (Å²) in [6.07, 6.45) is 14.0. The Bertz CT molecular complexity index is 2540. The molecule has 2 fully saturated rings. The number of amides is 2. The molecule has 0 spiro atoms. The molecule has 4 N–H and O–H groups in total. The first kappa shape index (κ1) is 45.6. The van der Waals surface area contributed by atoms with E-state index in [-0.39, 0.29) is 10.8 Å². The summed E-state index contributed by atoms with van der Waals surface area (Å²) >= 11 is 0. The van der Waals surface area contributed by atoms with E-state index in [1.807, 2.05) is 36.9 Å². The second-order valence-electron chi connectivity index (χ2n) is 18.6. The zero-order chi connectivity index (χ0) is 46.5. The van der Waals surface area contributed by atoms with Crippen molar-refractivity contribution in [3.63, 3.8) is 0 Å². The van der Waals surface area contributed by atoms with Crippen LogP contribution in [0, 0.1) is 10.8 Å². The lowest BCUT2D eigenvalue weighted by Gasteiger charge is -2.39. The largest absolute Gasteiger partial charge is 0.449 e. The van der Waals surface area contributed by atoms with E-state index < -0.39 is 12.2 Å². The summed E-state index contributed by atoms with van der Waals surface area (Å²) in [5.41, 5.74) is 7.01. The van der Waals surface area contributed by atoms with E-state index in [0.29, 0.717) is 49.1 Å². The Balaban J connectivity index is 0.572. The van der Waals surface area contributed by atoms with E-state index in [2.05, 4.69) is 86.6 Å². The van der Waals surface area contributed by atoms with Crippen LogP contribution in [0.4, 0.5) is 44.2 Å². The van der Waals surface area contributed by atoms with Crippen molar-refractivity contribution in [3.8, 4) is 0 Å². The molecule has 0 unspecified atom stereocenters. The van der Waals surface area contributed by atoms with Crippen molar-refractivity contribution in [1.82, 2.24) is 60.9 Å². The van der Waals surface area contributed by atoms with Gasteiger partial charge in [0.05, 0.1) is 35.2 Å². The van der Waals surface area contributed by atoms with Gasteiger partial charge in [-0.2, -0.15) is 10.2 Å². The number of aromatic amines is 2. The van der Waals surface area contributed by atoms with Gasteiger partial charge in [0.1, 0.15) is 24.8 Å². The Labute approximate surface area is 402 Å². The molecule has 4 aliphatic rings. The molecule has 0 atom stereocenters.